The van der Waals surface area contributed by atoms with Gasteiger partial charge in [0.05, 0.1) is 0 Å². The summed E-state index contributed by atoms with van der Waals surface area (Å²) in [5, 5.41) is 0. The highest BCUT2D eigenvalue weighted by atomic mass is 16.2. The number of hydrogen-bond acceptors (Lipinski definition) is 2. The standard InChI is InChI=1S/C23H25NO2/c1-24(22(26)20-16-19(20)17-10-4-2-5-11-17)23(15-9-8-14-21(23)25)18-12-6-3-7-13-18/h2-7,10-13,19-20H,8-9,14-16H2,1H3/t19-,20+,23-/m0/s1. The summed E-state index contributed by atoms with van der Waals surface area (Å²) in [5.41, 5.74) is 1.39. The van der Waals surface area contributed by atoms with E-state index in [4.69, 9.17) is 0 Å². The molecule has 0 saturated heterocycles. The molecule has 0 bridgehead atoms. The van der Waals surface area contributed by atoms with E-state index in [0.717, 1.165) is 31.2 Å². The van der Waals surface area contributed by atoms with Crippen LogP contribution in [0.4, 0.5) is 0 Å². The van der Waals surface area contributed by atoms with Gasteiger partial charge in [0.1, 0.15) is 5.54 Å². The lowest BCUT2D eigenvalue weighted by Crippen LogP contribution is -2.54. The fraction of sp³-hybridized carbons (Fsp3) is 0.391. The second-order valence-electron chi connectivity index (χ2n) is 7.61. The summed E-state index contributed by atoms with van der Waals surface area (Å²) in [6, 6.07) is 20.1. The lowest BCUT2D eigenvalue weighted by Gasteiger charge is -2.43. The summed E-state index contributed by atoms with van der Waals surface area (Å²) < 4.78 is 0. The van der Waals surface area contributed by atoms with E-state index in [1.54, 1.807) is 4.90 Å². The van der Waals surface area contributed by atoms with Crippen molar-refractivity contribution in [1.29, 1.82) is 0 Å². The van der Waals surface area contributed by atoms with Crippen LogP contribution in [-0.2, 0) is 15.1 Å². The third kappa shape index (κ3) is 2.76. The van der Waals surface area contributed by atoms with E-state index in [1.807, 2.05) is 55.6 Å². The molecule has 2 fully saturated rings. The zero-order valence-corrected chi connectivity index (χ0v) is 15.2. The molecule has 0 radical (unpaired) electrons. The molecule has 0 unspecified atom stereocenters. The monoisotopic (exact) mass is 347 g/mol. The zero-order chi connectivity index (χ0) is 18.1. The maximum absolute atomic E-state index is 13.3. The molecular formula is C23H25NO2. The van der Waals surface area contributed by atoms with Gasteiger partial charge in [-0.25, -0.2) is 0 Å². The highest BCUT2D eigenvalue weighted by Gasteiger charge is 2.52. The molecule has 3 atom stereocenters. The molecule has 134 valence electrons. The summed E-state index contributed by atoms with van der Waals surface area (Å²) >= 11 is 0. The van der Waals surface area contributed by atoms with Gasteiger partial charge in [-0.15, -0.1) is 0 Å². The maximum atomic E-state index is 13.3. The Kier molecular flexibility index (Phi) is 4.39. The quantitative estimate of drug-likeness (QED) is 0.827. The van der Waals surface area contributed by atoms with E-state index in [0.29, 0.717) is 6.42 Å². The largest absolute Gasteiger partial charge is 0.329 e. The molecular weight excluding hydrogens is 322 g/mol. The number of carbonyl (C=O) groups excluding carboxylic acids is 2. The number of likely N-dealkylation sites (N-methyl/N-ethyl adjacent to an activating group) is 1. The lowest BCUT2D eigenvalue weighted by atomic mass is 9.74. The number of carbonyl (C=O) groups is 2. The molecule has 2 aromatic carbocycles. The first-order chi connectivity index (χ1) is 12.6. The predicted molar refractivity (Wildman–Crippen MR) is 102 cm³/mol. The predicted octanol–water partition coefficient (Wildman–Crippen LogP) is 4.29. The molecule has 2 aliphatic carbocycles. The average Bonchev–Trinajstić information content (AvgIpc) is 3.50. The molecule has 2 saturated carbocycles. The summed E-state index contributed by atoms with van der Waals surface area (Å²) in [5.74, 6) is 0.580. The maximum Gasteiger partial charge on any atom is 0.227 e. The third-order valence-electron chi connectivity index (χ3n) is 6.14. The Morgan fingerprint density at radius 1 is 1.00 bits per heavy atom. The number of amides is 1. The van der Waals surface area contributed by atoms with Gasteiger partial charge >= 0.3 is 0 Å². The SMILES string of the molecule is CN(C(=O)[C@@H]1C[C@H]1c1ccccc1)[C@]1(c2ccccc2)CCCCC1=O. The average molecular weight is 347 g/mol. The van der Waals surface area contributed by atoms with E-state index in [-0.39, 0.29) is 23.5 Å². The Hall–Kier alpha value is -2.42. The van der Waals surface area contributed by atoms with Gasteiger partial charge in [-0.1, -0.05) is 60.7 Å². The first-order valence-corrected chi connectivity index (χ1v) is 9.56. The van der Waals surface area contributed by atoms with Crippen molar-refractivity contribution in [2.75, 3.05) is 7.05 Å². The van der Waals surface area contributed by atoms with Gasteiger partial charge in [0.25, 0.3) is 0 Å². The molecule has 3 nitrogen and oxygen atoms in total. The fourth-order valence-corrected chi connectivity index (χ4v) is 4.55. The minimum absolute atomic E-state index is 0.00212. The highest BCUT2D eigenvalue weighted by molar-refractivity contribution is 5.95. The molecule has 26 heavy (non-hydrogen) atoms. The minimum Gasteiger partial charge on any atom is -0.329 e. The number of rotatable bonds is 4. The van der Waals surface area contributed by atoms with Crippen LogP contribution in [-0.4, -0.2) is 23.6 Å². The third-order valence-corrected chi connectivity index (χ3v) is 6.14. The minimum atomic E-state index is -0.791. The van der Waals surface area contributed by atoms with Crippen molar-refractivity contribution in [2.45, 2.75) is 43.6 Å². The van der Waals surface area contributed by atoms with Crippen molar-refractivity contribution < 1.29 is 9.59 Å². The lowest BCUT2D eigenvalue weighted by molar-refractivity contribution is -0.149. The molecule has 0 heterocycles. The van der Waals surface area contributed by atoms with Gasteiger partial charge in [0.2, 0.25) is 5.91 Å². The normalized spacial score (nSPS) is 27.8. The van der Waals surface area contributed by atoms with Crippen LogP contribution in [0.15, 0.2) is 60.7 Å². The Balaban J connectivity index is 1.62. The summed E-state index contributed by atoms with van der Waals surface area (Å²) in [6.07, 6.45) is 4.06. The number of ketones is 1. The van der Waals surface area contributed by atoms with Gasteiger partial charge in [0, 0.05) is 19.4 Å². The second-order valence-corrected chi connectivity index (χ2v) is 7.61. The molecule has 2 aromatic rings. The van der Waals surface area contributed by atoms with Crippen LogP contribution in [0.1, 0.15) is 49.1 Å². The van der Waals surface area contributed by atoms with Crippen molar-refractivity contribution in [3.8, 4) is 0 Å². The van der Waals surface area contributed by atoms with E-state index < -0.39 is 5.54 Å². The summed E-state index contributed by atoms with van der Waals surface area (Å²) in [7, 11) is 1.83. The molecule has 0 N–H and O–H groups in total. The molecule has 4 rings (SSSR count). The summed E-state index contributed by atoms with van der Waals surface area (Å²) in [6.45, 7) is 0. The van der Waals surface area contributed by atoms with Crippen molar-refractivity contribution in [2.24, 2.45) is 5.92 Å². The Labute approximate surface area is 155 Å². The molecule has 0 spiro atoms. The van der Waals surface area contributed by atoms with Crippen LogP contribution in [0.25, 0.3) is 0 Å². The molecule has 0 aliphatic heterocycles. The fourth-order valence-electron chi connectivity index (χ4n) is 4.55. The van der Waals surface area contributed by atoms with E-state index in [2.05, 4.69) is 12.1 Å². The van der Waals surface area contributed by atoms with Crippen LogP contribution in [0.3, 0.4) is 0 Å². The van der Waals surface area contributed by atoms with E-state index in [1.165, 1.54) is 5.56 Å². The number of Topliss-reactive ketones (excluding diaryl/α,β-unsaturated/α-hetero) is 1. The van der Waals surface area contributed by atoms with Crippen LogP contribution in [0.5, 0.6) is 0 Å². The topological polar surface area (TPSA) is 37.4 Å². The first-order valence-electron chi connectivity index (χ1n) is 9.56. The van der Waals surface area contributed by atoms with Crippen LogP contribution in [0.2, 0.25) is 0 Å². The molecule has 0 aromatic heterocycles. The first kappa shape index (κ1) is 17.0. The smallest absolute Gasteiger partial charge is 0.227 e. The van der Waals surface area contributed by atoms with Crippen LogP contribution in [0, 0.1) is 5.92 Å². The Morgan fingerprint density at radius 2 is 1.65 bits per heavy atom. The van der Waals surface area contributed by atoms with Crippen molar-refractivity contribution in [1.82, 2.24) is 4.90 Å². The molecule has 3 heteroatoms. The van der Waals surface area contributed by atoms with Gasteiger partial charge in [-0.2, -0.15) is 0 Å². The van der Waals surface area contributed by atoms with Gasteiger partial charge in [-0.3, -0.25) is 9.59 Å². The number of benzene rings is 2. The second kappa shape index (κ2) is 6.71. The van der Waals surface area contributed by atoms with Gasteiger partial charge in [-0.05, 0) is 42.7 Å². The van der Waals surface area contributed by atoms with Gasteiger partial charge < -0.3 is 4.90 Å². The molecule has 2 aliphatic rings. The van der Waals surface area contributed by atoms with Crippen molar-refractivity contribution in [3.63, 3.8) is 0 Å². The Bertz CT molecular complexity index is 801. The van der Waals surface area contributed by atoms with Crippen LogP contribution < -0.4 is 0 Å². The Morgan fingerprint density at radius 3 is 2.31 bits per heavy atom. The van der Waals surface area contributed by atoms with E-state index >= 15 is 0 Å². The zero-order valence-electron chi connectivity index (χ0n) is 15.2. The van der Waals surface area contributed by atoms with Crippen molar-refractivity contribution in [3.05, 3.63) is 71.8 Å². The van der Waals surface area contributed by atoms with E-state index in [9.17, 15) is 9.59 Å². The molecule has 1 amide bonds. The van der Waals surface area contributed by atoms with Crippen LogP contribution >= 0.6 is 0 Å². The van der Waals surface area contributed by atoms with Crippen molar-refractivity contribution >= 4 is 11.7 Å². The number of nitrogens with zero attached hydrogens (tertiary/aromatic N) is 1. The number of hydrogen-bond donors (Lipinski definition) is 0. The van der Waals surface area contributed by atoms with Gasteiger partial charge in [0.15, 0.2) is 5.78 Å². The highest BCUT2D eigenvalue weighted by Crippen LogP contribution is 2.50. The summed E-state index contributed by atoms with van der Waals surface area (Å²) in [4.78, 5) is 28.1.